The second kappa shape index (κ2) is 8.51. The van der Waals surface area contributed by atoms with Gasteiger partial charge in [0.15, 0.2) is 0 Å². The van der Waals surface area contributed by atoms with Crippen LogP contribution in [0.1, 0.15) is 42.2 Å². The van der Waals surface area contributed by atoms with E-state index in [1.54, 1.807) is 18.2 Å². The van der Waals surface area contributed by atoms with E-state index in [0.29, 0.717) is 5.69 Å². The molecule has 1 N–H and O–H groups in total. The van der Waals surface area contributed by atoms with E-state index < -0.39 is 27.7 Å². The molecule has 8 nitrogen and oxygen atoms in total. The number of carbonyl (C=O) groups is 3. The fourth-order valence-corrected chi connectivity index (χ4v) is 4.79. The molecule has 4 rings (SSSR count). The highest BCUT2D eigenvalue weighted by Gasteiger charge is 2.38. The van der Waals surface area contributed by atoms with E-state index >= 15 is 0 Å². The van der Waals surface area contributed by atoms with E-state index in [9.17, 15) is 22.8 Å². The van der Waals surface area contributed by atoms with Crippen molar-refractivity contribution in [1.29, 1.82) is 0 Å². The van der Waals surface area contributed by atoms with Crippen molar-refractivity contribution in [2.75, 3.05) is 24.3 Å². The molecule has 0 unspecified atom stereocenters. The summed E-state index contributed by atoms with van der Waals surface area (Å²) >= 11 is 0. The van der Waals surface area contributed by atoms with Gasteiger partial charge >= 0.3 is 0 Å². The molecule has 0 radical (unpaired) electrons. The number of hydrogen-bond donors (Lipinski definition) is 1. The molecule has 1 heterocycles. The smallest absolute Gasteiger partial charge is 0.266 e. The standard InChI is InChI=1S/C25H23N3O5S/c1-15-9-10-16(2)21(13-15)28-24(30)18-12-11-17(14-19(18)25(28)31)23(29)26-20-7-5-6-8-22(20)34(32,33)27(3)4/h5-14H,1-4H3,(H,26,29). The van der Waals surface area contributed by atoms with Crippen LogP contribution in [0.2, 0.25) is 0 Å². The Kier molecular flexibility index (Phi) is 5.84. The zero-order chi connectivity index (χ0) is 24.8. The molecule has 0 saturated heterocycles. The molecule has 0 fully saturated rings. The first kappa shape index (κ1) is 23.3. The van der Waals surface area contributed by atoms with Crippen LogP contribution < -0.4 is 10.2 Å². The molecule has 1 aliphatic rings. The van der Waals surface area contributed by atoms with Crippen LogP contribution in [-0.2, 0) is 10.0 Å². The first-order chi connectivity index (χ1) is 16.0. The number of nitrogens with one attached hydrogen (secondary N) is 1. The lowest BCUT2D eigenvalue weighted by atomic mass is 10.1. The van der Waals surface area contributed by atoms with Crippen LogP contribution in [0.25, 0.3) is 0 Å². The van der Waals surface area contributed by atoms with Gasteiger partial charge in [0.05, 0.1) is 22.5 Å². The molecule has 0 spiro atoms. The van der Waals surface area contributed by atoms with Crippen LogP contribution in [0, 0.1) is 13.8 Å². The number of aryl methyl sites for hydroxylation is 2. The van der Waals surface area contributed by atoms with E-state index in [0.717, 1.165) is 20.3 Å². The number of rotatable bonds is 5. The second-order valence-electron chi connectivity index (χ2n) is 8.23. The Morgan fingerprint density at radius 2 is 1.56 bits per heavy atom. The van der Waals surface area contributed by atoms with Gasteiger partial charge in [0, 0.05) is 19.7 Å². The zero-order valence-corrected chi connectivity index (χ0v) is 19.9. The maximum absolute atomic E-state index is 13.2. The normalized spacial score (nSPS) is 13.4. The number of fused-ring (bicyclic) bond motifs is 1. The molecule has 0 bridgehead atoms. The van der Waals surface area contributed by atoms with Crippen LogP contribution >= 0.6 is 0 Å². The number of imide groups is 1. The summed E-state index contributed by atoms with van der Waals surface area (Å²) in [6.45, 7) is 3.69. The Morgan fingerprint density at radius 3 is 2.26 bits per heavy atom. The molecule has 0 aromatic heterocycles. The van der Waals surface area contributed by atoms with Crippen molar-refractivity contribution in [1.82, 2.24) is 4.31 Å². The van der Waals surface area contributed by atoms with E-state index in [2.05, 4.69) is 5.32 Å². The molecule has 3 aromatic rings. The molecule has 0 atom stereocenters. The number of benzene rings is 3. The summed E-state index contributed by atoms with van der Waals surface area (Å²) in [7, 11) is -0.990. The fourth-order valence-electron chi connectivity index (χ4n) is 3.75. The van der Waals surface area contributed by atoms with Gasteiger partial charge in [0.1, 0.15) is 4.90 Å². The van der Waals surface area contributed by atoms with Crippen LogP contribution in [-0.4, -0.2) is 44.5 Å². The SMILES string of the molecule is Cc1ccc(C)c(N2C(=O)c3ccc(C(=O)Nc4ccccc4S(=O)(=O)N(C)C)cc3C2=O)c1. The maximum Gasteiger partial charge on any atom is 0.266 e. The molecule has 1 aliphatic heterocycles. The van der Waals surface area contributed by atoms with Crippen LogP contribution in [0.5, 0.6) is 0 Å². The highest BCUT2D eigenvalue weighted by molar-refractivity contribution is 7.89. The largest absolute Gasteiger partial charge is 0.321 e. The summed E-state index contributed by atoms with van der Waals surface area (Å²) in [4.78, 5) is 40.2. The third-order valence-electron chi connectivity index (χ3n) is 5.65. The first-order valence-electron chi connectivity index (χ1n) is 10.5. The first-order valence-corrected chi connectivity index (χ1v) is 11.9. The number of sulfonamides is 1. The zero-order valence-electron chi connectivity index (χ0n) is 19.1. The third-order valence-corrected chi connectivity index (χ3v) is 7.52. The number of anilines is 2. The minimum Gasteiger partial charge on any atom is -0.321 e. The van der Waals surface area contributed by atoms with Crippen molar-refractivity contribution in [3.63, 3.8) is 0 Å². The van der Waals surface area contributed by atoms with Gasteiger partial charge in [-0.15, -0.1) is 0 Å². The van der Waals surface area contributed by atoms with E-state index in [-0.39, 0.29) is 27.3 Å². The lowest BCUT2D eigenvalue weighted by Crippen LogP contribution is -2.30. The molecule has 3 amide bonds. The topological polar surface area (TPSA) is 104 Å². The van der Waals surface area contributed by atoms with Gasteiger partial charge in [0.2, 0.25) is 10.0 Å². The number of amides is 3. The summed E-state index contributed by atoms with van der Waals surface area (Å²) in [6, 6.07) is 15.8. The van der Waals surface area contributed by atoms with Gasteiger partial charge < -0.3 is 5.32 Å². The monoisotopic (exact) mass is 477 g/mol. The second-order valence-corrected chi connectivity index (χ2v) is 10.4. The van der Waals surface area contributed by atoms with Crippen molar-refractivity contribution in [3.05, 3.63) is 88.5 Å². The third kappa shape index (κ3) is 3.89. The van der Waals surface area contributed by atoms with Crippen LogP contribution in [0.4, 0.5) is 11.4 Å². The minimum atomic E-state index is -3.79. The Morgan fingerprint density at radius 1 is 0.882 bits per heavy atom. The predicted octanol–water partition coefficient (Wildman–Crippen LogP) is 3.61. The summed E-state index contributed by atoms with van der Waals surface area (Å²) < 4.78 is 26.3. The fraction of sp³-hybridized carbons (Fsp3) is 0.160. The summed E-state index contributed by atoms with van der Waals surface area (Å²) in [6.07, 6.45) is 0. The minimum absolute atomic E-state index is 0.0538. The molecule has 9 heteroatoms. The molecule has 174 valence electrons. The van der Waals surface area contributed by atoms with Gasteiger partial charge in [-0.2, -0.15) is 0 Å². The number of hydrogen-bond acceptors (Lipinski definition) is 5. The Bertz CT molecular complexity index is 1460. The van der Waals surface area contributed by atoms with Gasteiger partial charge in [-0.1, -0.05) is 24.3 Å². The van der Waals surface area contributed by atoms with Crippen molar-refractivity contribution >= 4 is 39.1 Å². The lowest BCUT2D eigenvalue weighted by molar-refractivity contribution is 0.0925. The summed E-state index contributed by atoms with van der Waals surface area (Å²) in [5.41, 5.74) is 2.74. The molecule has 34 heavy (non-hydrogen) atoms. The highest BCUT2D eigenvalue weighted by Crippen LogP contribution is 2.32. The van der Waals surface area contributed by atoms with Gasteiger partial charge in [-0.05, 0) is 61.4 Å². The Balaban J connectivity index is 1.67. The van der Waals surface area contributed by atoms with Crippen LogP contribution in [0.3, 0.4) is 0 Å². The number of nitrogens with zero attached hydrogens (tertiary/aromatic N) is 2. The molecular formula is C25H23N3O5S. The van der Waals surface area contributed by atoms with Gasteiger partial charge in [-0.3, -0.25) is 14.4 Å². The van der Waals surface area contributed by atoms with E-state index in [1.807, 2.05) is 26.0 Å². The maximum atomic E-state index is 13.2. The van der Waals surface area contributed by atoms with Crippen molar-refractivity contribution < 1.29 is 22.8 Å². The highest BCUT2D eigenvalue weighted by atomic mass is 32.2. The summed E-state index contributed by atoms with van der Waals surface area (Å²) in [5, 5.41) is 2.61. The predicted molar refractivity (Wildman–Crippen MR) is 129 cm³/mol. The van der Waals surface area contributed by atoms with E-state index in [4.69, 9.17) is 0 Å². The summed E-state index contributed by atoms with van der Waals surface area (Å²) in [5.74, 6) is -1.57. The Hall–Kier alpha value is -3.82. The van der Waals surface area contributed by atoms with Crippen molar-refractivity contribution in [2.45, 2.75) is 18.7 Å². The molecule has 0 aliphatic carbocycles. The van der Waals surface area contributed by atoms with Crippen molar-refractivity contribution in [3.8, 4) is 0 Å². The number of carbonyl (C=O) groups excluding carboxylic acids is 3. The Labute approximate surface area is 197 Å². The van der Waals surface area contributed by atoms with Gasteiger partial charge in [0.25, 0.3) is 17.7 Å². The quantitative estimate of drug-likeness (QED) is 0.566. The van der Waals surface area contributed by atoms with Crippen LogP contribution in [0.15, 0.2) is 65.6 Å². The average molecular weight is 478 g/mol. The van der Waals surface area contributed by atoms with E-state index in [1.165, 1.54) is 44.4 Å². The van der Waals surface area contributed by atoms with Gasteiger partial charge in [-0.25, -0.2) is 17.6 Å². The number of para-hydroxylation sites is 1. The lowest BCUT2D eigenvalue weighted by Gasteiger charge is -2.17. The average Bonchev–Trinajstić information content (AvgIpc) is 3.05. The molecular weight excluding hydrogens is 454 g/mol. The molecule has 3 aromatic carbocycles. The molecule has 0 saturated carbocycles. The van der Waals surface area contributed by atoms with Crippen molar-refractivity contribution in [2.24, 2.45) is 0 Å².